The number of carbonyl (C=O) groups is 1. The Balaban J connectivity index is 1.63. The van der Waals surface area contributed by atoms with Gasteiger partial charge in [-0.2, -0.15) is 0 Å². The van der Waals surface area contributed by atoms with Crippen molar-refractivity contribution in [1.82, 2.24) is 0 Å². The van der Waals surface area contributed by atoms with Crippen LogP contribution in [0.25, 0.3) is 0 Å². The van der Waals surface area contributed by atoms with Crippen molar-refractivity contribution in [3.05, 3.63) is 0 Å². The van der Waals surface area contributed by atoms with E-state index in [-0.39, 0.29) is 0 Å². The van der Waals surface area contributed by atoms with Gasteiger partial charge < -0.3 is 4.79 Å². The molecule has 0 bridgehead atoms. The SMILES string of the molecule is CC1CC[C@@]2(C)C(C1)CC(C)[C@H]1[C@@H]3CC[C@H]([C@H](C)CCC=O)[C@@]3(C)C(C)C[C@@H]12. The molecule has 4 aliphatic carbocycles. The summed E-state index contributed by atoms with van der Waals surface area (Å²) in [7, 11) is 0. The first kappa shape index (κ1) is 20.9. The van der Waals surface area contributed by atoms with E-state index < -0.39 is 0 Å². The first-order chi connectivity index (χ1) is 13.2. The van der Waals surface area contributed by atoms with Crippen LogP contribution in [0.4, 0.5) is 0 Å². The smallest absolute Gasteiger partial charge is 0.120 e. The minimum atomic E-state index is 0.503. The van der Waals surface area contributed by atoms with E-state index >= 15 is 0 Å². The van der Waals surface area contributed by atoms with Gasteiger partial charge in [-0.3, -0.25) is 0 Å². The predicted octanol–water partition coefficient (Wildman–Crippen LogP) is 7.39. The molecule has 0 saturated heterocycles. The molecular formula is C27H46O. The zero-order valence-corrected chi connectivity index (χ0v) is 19.5. The second kappa shape index (κ2) is 7.42. The van der Waals surface area contributed by atoms with Gasteiger partial charge in [0.1, 0.15) is 6.29 Å². The fraction of sp³-hybridized carbons (Fsp3) is 0.963. The van der Waals surface area contributed by atoms with Gasteiger partial charge in [0.25, 0.3) is 0 Å². The molecule has 4 rings (SSSR count). The van der Waals surface area contributed by atoms with Crippen LogP contribution in [0.2, 0.25) is 0 Å². The van der Waals surface area contributed by atoms with Crippen LogP contribution >= 0.6 is 0 Å². The molecule has 4 saturated carbocycles. The topological polar surface area (TPSA) is 17.1 Å². The molecule has 0 spiro atoms. The van der Waals surface area contributed by atoms with E-state index in [9.17, 15) is 4.79 Å². The maximum Gasteiger partial charge on any atom is 0.120 e. The molecule has 4 fully saturated rings. The summed E-state index contributed by atoms with van der Waals surface area (Å²) >= 11 is 0. The van der Waals surface area contributed by atoms with Crippen molar-refractivity contribution in [2.75, 3.05) is 0 Å². The number of hydrogen-bond acceptors (Lipinski definition) is 1. The van der Waals surface area contributed by atoms with Crippen LogP contribution in [0, 0.1) is 64.1 Å². The molecule has 0 aromatic heterocycles. The number of fused-ring (bicyclic) bond motifs is 5. The van der Waals surface area contributed by atoms with E-state index in [1.807, 2.05) is 0 Å². The summed E-state index contributed by atoms with van der Waals surface area (Å²) in [5.41, 5.74) is 1.11. The maximum absolute atomic E-state index is 11.0. The average Bonchev–Trinajstić information content (AvgIpc) is 3.01. The number of hydrogen-bond donors (Lipinski definition) is 0. The molecule has 11 atom stereocenters. The lowest BCUT2D eigenvalue weighted by atomic mass is 9.40. The Morgan fingerprint density at radius 2 is 1.75 bits per heavy atom. The van der Waals surface area contributed by atoms with Gasteiger partial charge in [0.15, 0.2) is 0 Å². The highest BCUT2D eigenvalue weighted by Crippen LogP contribution is 2.71. The summed E-state index contributed by atoms with van der Waals surface area (Å²) < 4.78 is 0. The average molecular weight is 387 g/mol. The molecule has 0 aromatic carbocycles. The second-order valence-electron chi connectivity index (χ2n) is 12.5. The monoisotopic (exact) mass is 386 g/mol. The highest BCUT2D eigenvalue weighted by atomic mass is 16.1. The molecule has 28 heavy (non-hydrogen) atoms. The molecule has 0 aromatic rings. The molecule has 0 amide bonds. The highest BCUT2D eigenvalue weighted by molar-refractivity contribution is 5.49. The van der Waals surface area contributed by atoms with E-state index in [4.69, 9.17) is 0 Å². The van der Waals surface area contributed by atoms with Crippen molar-refractivity contribution in [2.45, 2.75) is 99.3 Å². The molecular weight excluding hydrogens is 340 g/mol. The van der Waals surface area contributed by atoms with Gasteiger partial charge in [0, 0.05) is 6.42 Å². The van der Waals surface area contributed by atoms with Crippen LogP contribution in [0.3, 0.4) is 0 Å². The van der Waals surface area contributed by atoms with E-state index in [0.717, 1.165) is 66.5 Å². The maximum atomic E-state index is 11.0. The van der Waals surface area contributed by atoms with E-state index in [2.05, 4.69) is 41.5 Å². The Kier molecular flexibility index (Phi) is 5.54. The summed E-state index contributed by atoms with van der Waals surface area (Å²) in [5.74, 6) is 8.06. The van der Waals surface area contributed by atoms with Crippen LogP contribution in [0.5, 0.6) is 0 Å². The molecule has 4 unspecified atom stereocenters. The molecule has 160 valence electrons. The Morgan fingerprint density at radius 3 is 2.46 bits per heavy atom. The Bertz CT molecular complexity index is 583. The van der Waals surface area contributed by atoms with Gasteiger partial charge in [-0.15, -0.1) is 0 Å². The van der Waals surface area contributed by atoms with E-state index in [1.165, 1.54) is 44.9 Å². The minimum Gasteiger partial charge on any atom is -0.303 e. The normalized spacial score (nSPS) is 54.4. The van der Waals surface area contributed by atoms with Gasteiger partial charge in [0.2, 0.25) is 0 Å². The van der Waals surface area contributed by atoms with Gasteiger partial charge in [-0.1, -0.05) is 48.0 Å². The summed E-state index contributed by atoms with van der Waals surface area (Å²) in [6.45, 7) is 15.6. The number of aldehydes is 1. The lowest BCUT2D eigenvalue weighted by Gasteiger charge is -2.65. The first-order valence-electron chi connectivity index (χ1n) is 12.7. The fourth-order valence-electron chi connectivity index (χ4n) is 9.69. The third-order valence-electron chi connectivity index (χ3n) is 11.4. The Labute approximate surface area is 174 Å². The Morgan fingerprint density at radius 1 is 1.00 bits per heavy atom. The summed E-state index contributed by atoms with van der Waals surface area (Å²) in [6, 6.07) is 0. The van der Waals surface area contributed by atoms with Crippen LogP contribution in [-0.4, -0.2) is 6.29 Å². The third kappa shape index (κ3) is 2.96. The van der Waals surface area contributed by atoms with Crippen molar-refractivity contribution in [3.8, 4) is 0 Å². The van der Waals surface area contributed by atoms with Crippen molar-refractivity contribution < 1.29 is 4.79 Å². The van der Waals surface area contributed by atoms with Gasteiger partial charge in [0.05, 0.1) is 0 Å². The standard InChI is InChI=1S/C27H46O/c1-17-11-12-26(5)21(14-17)15-19(3)25-23-10-9-22(18(2)8-7-13-28)27(23,6)20(4)16-24(25)26/h13,17-25H,7-12,14-16H2,1-6H3/t17?,18-,19?,20?,21?,22-,23+,24+,25+,26+,27-/m1/s1. The number of carbonyl (C=O) groups excluding carboxylic acids is 1. The van der Waals surface area contributed by atoms with E-state index in [0.29, 0.717) is 16.7 Å². The van der Waals surface area contributed by atoms with Crippen LogP contribution in [-0.2, 0) is 4.79 Å². The second-order valence-corrected chi connectivity index (χ2v) is 12.5. The van der Waals surface area contributed by atoms with Gasteiger partial charge in [-0.05, 0) is 109 Å². The van der Waals surface area contributed by atoms with Crippen LogP contribution in [0.15, 0.2) is 0 Å². The van der Waals surface area contributed by atoms with Crippen molar-refractivity contribution in [2.24, 2.45) is 64.1 Å². The minimum absolute atomic E-state index is 0.503. The van der Waals surface area contributed by atoms with E-state index in [1.54, 1.807) is 0 Å². The lowest BCUT2D eigenvalue weighted by Crippen LogP contribution is -2.58. The van der Waals surface area contributed by atoms with Crippen molar-refractivity contribution >= 4 is 6.29 Å². The predicted molar refractivity (Wildman–Crippen MR) is 118 cm³/mol. The highest BCUT2D eigenvalue weighted by Gasteiger charge is 2.64. The zero-order valence-electron chi connectivity index (χ0n) is 19.5. The molecule has 0 heterocycles. The lowest BCUT2D eigenvalue weighted by molar-refractivity contribution is -0.162. The molecule has 0 N–H and O–H groups in total. The first-order valence-corrected chi connectivity index (χ1v) is 12.7. The van der Waals surface area contributed by atoms with Crippen LogP contribution < -0.4 is 0 Å². The summed E-state index contributed by atoms with van der Waals surface area (Å²) in [6.07, 6.45) is 13.3. The van der Waals surface area contributed by atoms with Crippen molar-refractivity contribution in [1.29, 1.82) is 0 Å². The van der Waals surface area contributed by atoms with Gasteiger partial charge in [-0.25, -0.2) is 0 Å². The summed E-state index contributed by atoms with van der Waals surface area (Å²) in [4.78, 5) is 11.0. The molecule has 0 radical (unpaired) electrons. The zero-order chi connectivity index (χ0) is 20.3. The largest absolute Gasteiger partial charge is 0.303 e. The third-order valence-corrected chi connectivity index (χ3v) is 11.4. The molecule has 1 heteroatoms. The summed E-state index contributed by atoms with van der Waals surface area (Å²) in [5, 5.41) is 0. The fourth-order valence-corrected chi connectivity index (χ4v) is 9.69. The number of rotatable bonds is 4. The molecule has 4 aliphatic rings. The van der Waals surface area contributed by atoms with Crippen molar-refractivity contribution in [3.63, 3.8) is 0 Å². The molecule has 0 aliphatic heterocycles. The van der Waals surface area contributed by atoms with Crippen LogP contribution in [0.1, 0.15) is 99.3 Å². The van der Waals surface area contributed by atoms with Gasteiger partial charge >= 0.3 is 0 Å². The quantitative estimate of drug-likeness (QED) is 0.460. The molecule has 1 nitrogen and oxygen atoms in total. The Hall–Kier alpha value is -0.330.